The van der Waals surface area contributed by atoms with Gasteiger partial charge in [0, 0.05) is 37.3 Å². The summed E-state index contributed by atoms with van der Waals surface area (Å²) in [5, 5.41) is 2.71. The third-order valence-corrected chi connectivity index (χ3v) is 3.61. The fraction of sp³-hybridized carbons (Fsp3) is 0.333. The van der Waals surface area contributed by atoms with E-state index in [-0.39, 0.29) is 12.4 Å². The number of halogens is 1. The molecule has 1 aliphatic rings. The highest BCUT2D eigenvalue weighted by Gasteiger charge is 2.15. The predicted octanol–water partition coefficient (Wildman–Crippen LogP) is 3.01. The molecule has 1 aliphatic heterocycles. The van der Waals surface area contributed by atoms with Gasteiger partial charge in [-0.15, -0.1) is 12.4 Å². The second-order valence-corrected chi connectivity index (χ2v) is 4.79. The Balaban J connectivity index is 0.00000120. The number of likely N-dealkylation sites (N-methyl/N-ethyl adjacent to an activating group) is 1. The summed E-state index contributed by atoms with van der Waals surface area (Å²) in [6.45, 7) is 4.57. The highest BCUT2D eigenvalue weighted by molar-refractivity contribution is 5.94. The van der Waals surface area contributed by atoms with Crippen LogP contribution in [0.5, 0.6) is 0 Å². The lowest BCUT2D eigenvalue weighted by molar-refractivity contribution is 0.313. The molecular weight excluding hydrogens is 244 g/mol. The van der Waals surface area contributed by atoms with Crippen molar-refractivity contribution in [2.24, 2.45) is 0 Å². The first kappa shape index (κ1) is 13.2. The fourth-order valence-corrected chi connectivity index (χ4v) is 2.53. The van der Waals surface area contributed by atoms with Crippen LogP contribution in [-0.4, -0.2) is 38.1 Å². The second-order valence-electron chi connectivity index (χ2n) is 4.79. The minimum atomic E-state index is 0. The van der Waals surface area contributed by atoms with E-state index in [4.69, 9.17) is 0 Å². The Bertz CT molecular complexity index is 513. The summed E-state index contributed by atoms with van der Waals surface area (Å²) in [4.78, 5) is 4.89. The summed E-state index contributed by atoms with van der Waals surface area (Å²) in [5.74, 6) is 0. The number of benzene rings is 2. The van der Waals surface area contributed by atoms with Gasteiger partial charge in [0.05, 0.1) is 0 Å². The smallest absolute Gasteiger partial charge is 0.0446 e. The van der Waals surface area contributed by atoms with Crippen molar-refractivity contribution in [3.05, 3.63) is 42.5 Å². The molecule has 96 valence electrons. The molecule has 0 radical (unpaired) electrons. The van der Waals surface area contributed by atoms with Gasteiger partial charge < -0.3 is 9.80 Å². The SMILES string of the molecule is CN1CCN(c2cccc3ccccc23)CC1.Cl. The molecule has 0 saturated carbocycles. The van der Waals surface area contributed by atoms with E-state index in [0.29, 0.717) is 0 Å². The van der Waals surface area contributed by atoms with Crippen molar-refractivity contribution in [2.45, 2.75) is 0 Å². The second kappa shape index (κ2) is 5.59. The Kier molecular flexibility index (Phi) is 4.10. The van der Waals surface area contributed by atoms with E-state index in [9.17, 15) is 0 Å². The van der Waals surface area contributed by atoms with E-state index < -0.39 is 0 Å². The molecule has 2 aromatic rings. The number of piperazine rings is 1. The van der Waals surface area contributed by atoms with Crippen molar-refractivity contribution in [3.63, 3.8) is 0 Å². The van der Waals surface area contributed by atoms with E-state index in [2.05, 4.69) is 59.3 Å². The molecule has 1 fully saturated rings. The van der Waals surface area contributed by atoms with Crippen LogP contribution in [0.4, 0.5) is 5.69 Å². The zero-order chi connectivity index (χ0) is 11.7. The average molecular weight is 263 g/mol. The van der Waals surface area contributed by atoms with Crippen LogP contribution in [0.3, 0.4) is 0 Å². The predicted molar refractivity (Wildman–Crippen MR) is 80.9 cm³/mol. The fourth-order valence-electron chi connectivity index (χ4n) is 2.53. The number of nitrogens with zero attached hydrogens (tertiary/aromatic N) is 2. The average Bonchev–Trinajstić information content (AvgIpc) is 2.39. The van der Waals surface area contributed by atoms with E-state index in [1.54, 1.807) is 0 Å². The van der Waals surface area contributed by atoms with E-state index in [1.165, 1.54) is 16.5 Å². The standard InChI is InChI=1S/C15H18N2.ClH/c1-16-9-11-17(12-10-16)15-8-4-6-13-5-2-3-7-14(13)15;/h2-8H,9-12H2,1H3;1H. The zero-order valence-corrected chi connectivity index (χ0v) is 11.5. The molecule has 0 bridgehead atoms. The van der Waals surface area contributed by atoms with E-state index in [1.807, 2.05) is 0 Å². The van der Waals surface area contributed by atoms with Gasteiger partial charge in [-0.05, 0) is 18.5 Å². The van der Waals surface area contributed by atoms with E-state index >= 15 is 0 Å². The first-order valence-corrected chi connectivity index (χ1v) is 6.26. The molecule has 1 heterocycles. The molecule has 0 N–H and O–H groups in total. The summed E-state index contributed by atoms with van der Waals surface area (Å²) < 4.78 is 0. The third kappa shape index (κ3) is 2.45. The minimum Gasteiger partial charge on any atom is -0.368 e. The van der Waals surface area contributed by atoms with Gasteiger partial charge in [-0.25, -0.2) is 0 Å². The van der Waals surface area contributed by atoms with Gasteiger partial charge in [0.15, 0.2) is 0 Å². The third-order valence-electron chi connectivity index (χ3n) is 3.61. The van der Waals surface area contributed by atoms with Crippen LogP contribution < -0.4 is 4.90 Å². The Morgan fingerprint density at radius 1 is 0.833 bits per heavy atom. The number of rotatable bonds is 1. The van der Waals surface area contributed by atoms with Crippen molar-refractivity contribution in [1.82, 2.24) is 4.90 Å². The Morgan fingerprint density at radius 3 is 2.28 bits per heavy atom. The van der Waals surface area contributed by atoms with Crippen LogP contribution in [0.25, 0.3) is 10.8 Å². The Morgan fingerprint density at radius 2 is 1.50 bits per heavy atom. The van der Waals surface area contributed by atoms with Gasteiger partial charge in [-0.2, -0.15) is 0 Å². The molecule has 18 heavy (non-hydrogen) atoms. The van der Waals surface area contributed by atoms with Crippen molar-refractivity contribution < 1.29 is 0 Å². The molecule has 3 heteroatoms. The Labute approximate surface area is 115 Å². The van der Waals surface area contributed by atoms with E-state index in [0.717, 1.165) is 26.2 Å². The summed E-state index contributed by atoms with van der Waals surface area (Å²) in [6, 6.07) is 15.2. The normalized spacial score (nSPS) is 16.6. The highest BCUT2D eigenvalue weighted by atomic mass is 35.5. The molecule has 2 nitrogen and oxygen atoms in total. The van der Waals surface area contributed by atoms with Gasteiger partial charge >= 0.3 is 0 Å². The van der Waals surface area contributed by atoms with Crippen molar-refractivity contribution in [1.29, 1.82) is 0 Å². The van der Waals surface area contributed by atoms with Crippen LogP contribution in [0.15, 0.2) is 42.5 Å². The number of fused-ring (bicyclic) bond motifs is 1. The van der Waals surface area contributed by atoms with Crippen molar-refractivity contribution >= 4 is 28.9 Å². The van der Waals surface area contributed by atoms with Crippen LogP contribution in [0.2, 0.25) is 0 Å². The van der Waals surface area contributed by atoms with Gasteiger partial charge in [0.2, 0.25) is 0 Å². The quantitative estimate of drug-likeness (QED) is 0.780. The van der Waals surface area contributed by atoms with Crippen LogP contribution in [0.1, 0.15) is 0 Å². The Hall–Kier alpha value is -1.25. The van der Waals surface area contributed by atoms with Crippen LogP contribution in [-0.2, 0) is 0 Å². The topological polar surface area (TPSA) is 6.48 Å². The van der Waals surface area contributed by atoms with Gasteiger partial charge in [-0.3, -0.25) is 0 Å². The van der Waals surface area contributed by atoms with Crippen molar-refractivity contribution in [2.75, 3.05) is 38.1 Å². The molecule has 0 spiro atoms. The molecule has 0 aliphatic carbocycles. The van der Waals surface area contributed by atoms with Gasteiger partial charge in [0.1, 0.15) is 0 Å². The maximum absolute atomic E-state index is 2.50. The zero-order valence-electron chi connectivity index (χ0n) is 10.7. The van der Waals surface area contributed by atoms with Crippen LogP contribution >= 0.6 is 12.4 Å². The molecule has 0 atom stereocenters. The number of hydrogen-bond donors (Lipinski definition) is 0. The first-order chi connectivity index (χ1) is 8.34. The molecule has 0 amide bonds. The van der Waals surface area contributed by atoms with Gasteiger partial charge in [0.25, 0.3) is 0 Å². The summed E-state index contributed by atoms with van der Waals surface area (Å²) in [5.41, 5.74) is 1.39. The lowest BCUT2D eigenvalue weighted by Crippen LogP contribution is -2.44. The highest BCUT2D eigenvalue weighted by Crippen LogP contribution is 2.27. The maximum atomic E-state index is 2.50. The van der Waals surface area contributed by atoms with Crippen molar-refractivity contribution in [3.8, 4) is 0 Å². The lowest BCUT2D eigenvalue weighted by Gasteiger charge is -2.34. The lowest BCUT2D eigenvalue weighted by atomic mass is 10.1. The molecule has 3 rings (SSSR count). The summed E-state index contributed by atoms with van der Waals surface area (Å²) >= 11 is 0. The monoisotopic (exact) mass is 262 g/mol. The summed E-state index contributed by atoms with van der Waals surface area (Å²) in [6.07, 6.45) is 0. The first-order valence-electron chi connectivity index (χ1n) is 6.26. The maximum Gasteiger partial charge on any atom is 0.0446 e. The van der Waals surface area contributed by atoms with Gasteiger partial charge in [-0.1, -0.05) is 36.4 Å². The number of hydrogen-bond acceptors (Lipinski definition) is 2. The molecular formula is C15H19ClN2. The molecule has 2 aromatic carbocycles. The molecule has 1 saturated heterocycles. The molecule has 0 aromatic heterocycles. The largest absolute Gasteiger partial charge is 0.368 e. The number of anilines is 1. The van der Waals surface area contributed by atoms with Crippen LogP contribution in [0, 0.1) is 0 Å². The summed E-state index contributed by atoms with van der Waals surface area (Å²) in [7, 11) is 2.19. The molecule has 0 unspecified atom stereocenters. The minimum absolute atomic E-state index is 0.